The maximum Gasteiger partial charge on any atom is 0.149 e. The van der Waals surface area contributed by atoms with Crippen LogP contribution in [0, 0.1) is 0 Å². The van der Waals surface area contributed by atoms with Gasteiger partial charge in [0.05, 0.1) is 6.04 Å². The van der Waals surface area contributed by atoms with Crippen LogP contribution in [-0.4, -0.2) is 29.8 Å². The standard InChI is InChI=1S/C10H19NO/c1-3-10(12)9(2)11-7-5-4-6-8-11/h9H,3-8H2,1-2H3/t9-/m1/s1. The van der Waals surface area contributed by atoms with Crippen molar-refractivity contribution in [2.45, 2.75) is 45.6 Å². The molecular weight excluding hydrogens is 150 g/mol. The lowest BCUT2D eigenvalue weighted by atomic mass is 10.1. The summed E-state index contributed by atoms with van der Waals surface area (Å²) in [5.74, 6) is 0.386. The lowest BCUT2D eigenvalue weighted by Gasteiger charge is -2.31. The smallest absolute Gasteiger partial charge is 0.149 e. The van der Waals surface area contributed by atoms with Crippen molar-refractivity contribution in [3.8, 4) is 0 Å². The van der Waals surface area contributed by atoms with Crippen molar-refractivity contribution in [3.05, 3.63) is 0 Å². The number of likely N-dealkylation sites (tertiary alicyclic amines) is 1. The molecule has 0 radical (unpaired) electrons. The molecule has 0 N–H and O–H groups in total. The van der Waals surface area contributed by atoms with E-state index in [1.807, 2.05) is 13.8 Å². The highest BCUT2D eigenvalue weighted by Crippen LogP contribution is 2.12. The molecule has 1 aliphatic heterocycles. The fourth-order valence-corrected chi connectivity index (χ4v) is 1.80. The van der Waals surface area contributed by atoms with E-state index in [1.165, 1.54) is 19.3 Å². The van der Waals surface area contributed by atoms with Crippen LogP contribution >= 0.6 is 0 Å². The Morgan fingerprint density at radius 2 is 1.92 bits per heavy atom. The van der Waals surface area contributed by atoms with Crippen molar-refractivity contribution in [1.29, 1.82) is 0 Å². The zero-order valence-corrected chi connectivity index (χ0v) is 8.18. The van der Waals surface area contributed by atoms with Crippen molar-refractivity contribution < 1.29 is 4.79 Å². The molecule has 0 spiro atoms. The number of carbonyl (C=O) groups is 1. The Morgan fingerprint density at radius 1 is 1.33 bits per heavy atom. The van der Waals surface area contributed by atoms with Crippen molar-refractivity contribution in [2.75, 3.05) is 13.1 Å². The zero-order chi connectivity index (χ0) is 8.97. The Morgan fingerprint density at radius 3 is 2.42 bits per heavy atom. The number of hydrogen-bond donors (Lipinski definition) is 0. The van der Waals surface area contributed by atoms with E-state index in [0.29, 0.717) is 12.2 Å². The first-order valence-corrected chi connectivity index (χ1v) is 5.02. The summed E-state index contributed by atoms with van der Waals surface area (Å²) in [6, 6.07) is 0.162. The highest BCUT2D eigenvalue weighted by atomic mass is 16.1. The molecule has 0 aromatic carbocycles. The van der Waals surface area contributed by atoms with E-state index in [0.717, 1.165) is 13.1 Å². The van der Waals surface area contributed by atoms with Gasteiger partial charge in [0, 0.05) is 6.42 Å². The van der Waals surface area contributed by atoms with Gasteiger partial charge in [-0.25, -0.2) is 0 Å². The third-order valence-corrected chi connectivity index (χ3v) is 2.75. The minimum atomic E-state index is 0.162. The number of carbonyl (C=O) groups excluding carboxylic acids is 1. The van der Waals surface area contributed by atoms with Gasteiger partial charge in [-0.05, 0) is 32.9 Å². The summed E-state index contributed by atoms with van der Waals surface area (Å²) in [5.41, 5.74) is 0. The first-order chi connectivity index (χ1) is 5.75. The SMILES string of the molecule is CCC(=O)[C@@H](C)N1CCCCC1. The van der Waals surface area contributed by atoms with Crippen LogP contribution < -0.4 is 0 Å². The van der Waals surface area contributed by atoms with Gasteiger partial charge in [0.15, 0.2) is 0 Å². The predicted molar refractivity (Wildman–Crippen MR) is 50.2 cm³/mol. The Bertz CT molecular complexity index is 150. The molecule has 1 atom stereocenters. The molecule has 1 heterocycles. The molecule has 70 valence electrons. The van der Waals surface area contributed by atoms with E-state index >= 15 is 0 Å². The fraction of sp³-hybridized carbons (Fsp3) is 0.900. The van der Waals surface area contributed by atoms with E-state index in [-0.39, 0.29) is 6.04 Å². The highest BCUT2D eigenvalue weighted by molar-refractivity contribution is 5.83. The van der Waals surface area contributed by atoms with Crippen LogP contribution in [0.4, 0.5) is 0 Å². The molecule has 0 aliphatic carbocycles. The minimum absolute atomic E-state index is 0.162. The fourth-order valence-electron chi connectivity index (χ4n) is 1.80. The normalized spacial score (nSPS) is 22.2. The molecule has 1 saturated heterocycles. The Balaban J connectivity index is 2.39. The molecule has 0 bridgehead atoms. The van der Waals surface area contributed by atoms with Crippen molar-refractivity contribution in [3.63, 3.8) is 0 Å². The molecule has 12 heavy (non-hydrogen) atoms. The molecule has 0 aromatic rings. The second-order valence-corrected chi connectivity index (χ2v) is 3.59. The molecule has 0 aromatic heterocycles. The largest absolute Gasteiger partial charge is 0.298 e. The number of nitrogens with zero attached hydrogens (tertiary/aromatic N) is 1. The molecule has 1 aliphatic rings. The number of rotatable bonds is 3. The summed E-state index contributed by atoms with van der Waals surface area (Å²) in [7, 11) is 0. The van der Waals surface area contributed by atoms with Gasteiger partial charge in [-0.3, -0.25) is 9.69 Å². The van der Waals surface area contributed by atoms with Gasteiger partial charge in [0.1, 0.15) is 5.78 Å². The van der Waals surface area contributed by atoms with Gasteiger partial charge < -0.3 is 0 Å². The van der Waals surface area contributed by atoms with Crippen LogP contribution in [0.1, 0.15) is 39.5 Å². The average Bonchev–Trinajstić information content (AvgIpc) is 2.17. The van der Waals surface area contributed by atoms with E-state index in [2.05, 4.69) is 4.90 Å². The molecule has 1 fully saturated rings. The number of Topliss-reactive ketones (excluding diaryl/α,β-unsaturated/α-hetero) is 1. The van der Waals surface area contributed by atoms with E-state index in [4.69, 9.17) is 0 Å². The highest BCUT2D eigenvalue weighted by Gasteiger charge is 2.20. The third kappa shape index (κ3) is 2.31. The van der Waals surface area contributed by atoms with Gasteiger partial charge in [-0.2, -0.15) is 0 Å². The van der Waals surface area contributed by atoms with Crippen LogP contribution in [0.3, 0.4) is 0 Å². The molecule has 0 unspecified atom stereocenters. The topological polar surface area (TPSA) is 20.3 Å². The first-order valence-electron chi connectivity index (χ1n) is 5.02. The number of piperidine rings is 1. The zero-order valence-electron chi connectivity index (χ0n) is 8.18. The van der Waals surface area contributed by atoms with E-state index in [1.54, 1.807) is 0 Å². The summed E-state index contributed by atoms with van der Waals surface area (Å²) in [6.45, 7) is 6.22. The van der Waals surface area contributed by atoms with Gasteiger partial charge in [-0.1, -0.05) is 13.3 Å². The van der Waals surface area contributed by atoms with Crippen molar-refractivity contribution >= 4 is 5.78 Å². The number of hydrogen-bond acceptors (Lipinski definition) is 2. The van der Waals surface area contributed by atoms with Crippen LogP contribution in [0.25, 0.3) is 0 Å². The summed E-state index contributed by atoms with van der Waals surface area (Å²) >= 11 is 0. The van der Waals surface area contributed by atoms with Crippen LogP contribution in [-0.2, 0) is 4.79 Å². The predicted octanol–water partition coefficient (Wildman–Crippen LogP) is 1.84. The van der Waals surface area contributed by atoms with Gasteiger partial charge in [-0.15, -0.1) is 0 Å². The van der Waals surface area contributed by atoms with Crippen molar-refractivity contribution in [1.82, 2.24) is 4.90 Å². The number of ketones is 1. The molecule has 2 heteroatoms. The van der Waals surface area contributed by atoms with Gasteiger partial charge in [0.2, 0.25) is 0 Å². The molecule has 0 amide bonds. The quantitative estimate of drug-likeness (QED) is 0.642. The molecule has 0 saturated carbocycles. The van der Waals surface area contributed by atoms with E-state index in [9.17, 15) is 4.79 Å². The lowest BCUT2D eigenvalue weighted by molar-refractivity contribution is -0.123. The average molecular weight is 169 g/mol. The van der Waals surface area contributed by atoms with Crippen LogP contribution in [0.5, 0.6) is 0 Å². The molecule has 1 rings (SSSR count). The molecule has 2 nitrogen and oxygen atoms in total. The van der Waals surface area contributed by atoms with Gasteiger partial charge >= 0.3 is 0 Å². The first kappa shape index (κ1) is 9.72. The monoisotopic (exact) mass is 169 g/mol. The summed E-state index contributed by atoms with van der Waals surface area (Å²) < 4.78 is 0. The Kier molecular flexibility index (Phi) is 3.73. The Hall–Kier alpha value is -0.370. The summed E-state index contributed by atoms with van der Waals surface area (Å²) in [5, 5.41) is 0. The maximum atomic E-state index is 11.4. The van der Waals surface area contributed by atoms with Gasteiger partial charge in [0.25, 0.3) is 0 Å². The summed E-state index contributed by atoms with van der Waals surface area (Å²) in [4.78, 5) is 13.7. The van der Waals surface area contributed by atoms with E-state index < -0.39 is 0 Å². The van der Waals surface area contributed by atoms with Crippen LogP contribution in [0.15, 0.2) is 0 Å². The van der Waals surface area contributed by atoms with Crippen molar-refractivity contribution in [2.24, 2.45) is 0 Å². The molecular formula is C10H19NO. The van der Waals surface area contributed by atoms with Crippen LogP contribution in [0.2, 0.25) is 0 Å². The summed E-state index contributed by atoms with van der Waals surface area (Å²) in [6.07, 6.45) is 4.55. The third-order valence-electron chi connectivity index (χ3n) is 2.75. The lowest BCUT2D eigenvalue weighted by Crippen LogP contribution is -2.41. The Labute approximate surface area is 74.9 Å². The minimum Gasteiger partial charge on any atom is -0.298 e. The second kappa shape index (κ2) is 4.61. The second-order valence-electron chi connectivity index (χ2n) is 3.59. The maximum absolute atomic E-state index is 11.4.